The van der Waals surface area contributed by atoms with Crippen LogP contribution in [0.25, 0.3) is 0 Å². The number of fused-ring (bicyclic) bond motifs is 1. The fraction of sp³-hybridized carbons (Fsp3) is 0.625. The molecule has 4 heteroatoms. The molecule has 1 aromatic rings. The molecule has 0 saturated carbocycles. The molecule has 0 fully saturated rings. The maximum atomic E-state index is 5.96. The highest BCUT2D eigenvalue weighted by Gasteiger charge is 2.24. The number of halogens is 1. The summed E-state index contributed by atoms with van der Waals surface area (Å²) < 4.78 is 7.09. The zero-order valence-electron chi connectivity index (χ0n) is 12.9. The average molecular weight is 341 g/mol. The van der Waals surface area contributed by atoms with Crippen molar-refractivity contribution in [1.82, 2.24) is 10.2 Å². The molecule has 0 bridgehead atoms. The minimum absolute atomic E-state index is 0.259. The normalized spacial score (nSPS) is 18.2. The van der Waals surface area contributed by atoms with Gasteiger partial charge in [0.2, 0.25) is 0 Å². The lowest BCUT2D eigenvalue weighted by atomic mass is 9.93. The van der Waals surface area contributed by atoms with Gasteiger partial charge in [0.1, 0.15) is 11.9 Å². The summed E-state index contributed by atoms with van der Waals surface area (Å²) in [5.41, 5.74) is 1.58. The Morgan fingerprint density at radius 1 is 1.40 bits per heavy atom. The van der Waals surface area contributed by atoms with Gasteiger partial charge in [0.25, 0.3) is 0 Å². The largest absolute Gasteiger partial charge is 0.488 e. The van der Waals surface area contributed by atoms with Crippen LogP contribution in [0.2, 0.25) is 0 Å². The lowest BCUT2D eigenvalue weighted by Gasteiger charge is -2.29. The van der Waals surface area contributed by atoms with Gasteiger partial charge in [-0.1, -0.05) is 29.8 Å². The number of rotatable bonds is 6. The van der Waals surface area contributed by atoms with Crippen molar-refractivity contribution in [1.29, 1.82) is 0 Å². The molecule has 1 N–H and O–H groups in total. The highest BCUT2D eigenvalue weighted by atomic mass is 79.9. The van der Waals surface area contributed by atoms with Crippen LogP contribution in [0.1, 0.15) is 19.4 Å². The Morgan fingerprint density at radius 2 is 2.15 bits per heavy atom. The monoisotopic (exact) mass is 340 g/mol. The second-order valence-corrected chi connectivity index (χ2v) is 7.64. The van der Waals surface area contributed by atoms with E-state index in [1.807, 2.05) is 6.07 Å². The van der Waals surface area contributed by atoms with Crippen molar-refractivity contribution in [2.75, 3.05) is 33.7 Å². The highest BCUT2D eigenvalue weighted by Crippen LogP contribution is 2.31. The Bertz CT molecular complexity index is 460. The van der Waals surface area contributed by atoms with Crippen LogP contribution in [-0.4, -0.2) is 44.7 Å². The number of ether oxygens (including phenoxy) is 1. The topological polar surface area (TPSA) is 24.5 Å². The van der Waals surface area contributed by atoms with E-state index in [2.05, 4.69) is 66.2 Å². The van der Waals surface area contributed by atoms with Crippen molar-refractivity contribution in [3.05, 3.63) is 28.2 Å². The fourth-order valence-corrected chi connectivity index (χ4v) is 3.29. The Hall–Kier alpha value is -0.580. The third-order valence-corrected chi connectivity index (χ3v) is 3.98. The Labute approximate surface area is 130 Å². The average Bonchev–Trinajstić information content (AvgIpc) is 2.68. The number of hydrogen-bond donors (Lipinski definition) is 1. The second-order valence-electron chi connectivity index (χ2n) is 6.73. The molecular weight excluding hydrogens is 316 g/mol. The summed E-state index contributed by atoms with van der Waals surface area (Å²) in [6, 6.07) is 6.25. The molecule has 1 aliphatic heterocycles. The third kappa shape index (κ3) is 4.47. The van der Waals surface area contributed by atoms with Crippen molar-refractivity contribution in [2.45, 2.75) is 26.4 Å². The molecule has 2 rings (SSSR count). The van der Waals surface area contributed by atoms with Gasteiger partial charge in [-0.2, -0.15) is 0 Å². The van der Waals surface area contributed by atoms with Crippen LogP contribution >= 0.6 is 15.9 Å². The predicted molar refractivity (Wildman–Crippen MR) is 87.5 cm³/mol. The predicted octanol–water partition coefficient (Wildman–Crippen LogP) is 2.93. The van der Waals surface area contributed by atoms with Crippen LogP contribution in [0.3, 0.4) is 0 Å². The standard InChI is InChI=1S/C16H25BrN2O/c1-16(2,11-19(3)4)10-18-9-14-8-12-7-13(17)5-6-15(12)20-14/h5-7,14,18H,8-11H2,1-4H3. The Kier molecular flexibility index (Phi) is 5.10. The smallest absolute Gasteiger partial charge is 0.123 e. The van der Waals surface area contributed by atoms with E-state index in [0.29, 0.717) is 0 Å². The van der Waals surface area contributed by atoms with Gasteiger partial charge in [0, 0.05) is 30.5 Å². The van der Waals surface area contributed by atoms with Gasteiger partial charge in [-0.05, 0) is 43.3 Å². The summed E-state index contributed by atoms with van der Waals surface area (Å²) in [6.45, 7) is 7.58. The molecule has 0 saturated heterocycles. The van der Waals surface area contributed by atoms with Gasteiger partial charge in [0.15, 0.2) is 0 Å². The van der Waals surface area contributed by atoms with E-state index >= 15 is 0 Å². The summed E-state index contributed by atoms with van der Waals surface area (Å²) in [4.78, 5) is 2.24. The molecule has 0 aliphatic carbocycles. The maximum absolute atomic E-state index is 5.96. The molecule has 20 heavy (non-hydrogen) atoms. The lowest BCUT2D eigenvalue weighted by Crippen LogP contribution is -2.40. The molecule has 1 heterocycles. The second kappa shape index (κ2) is 6.46. The first-order valence-electron chi connectivity index (χ1n) is 7.16. The van der Waals surface area contributed by atoms with Crippen molar-refractivity contribution in [3.8, 4) is 5.75 Å². The van der Waals surface area contributed by atoms with Crippen LogP contribution in [0, 0.1) is 5.41 Å². The number of benzene rings is 1. The van der Waals surface area contributed by atoms with Crippen molar-refractivity contribution >= 4 is 15.9 Å². The van der Waals surface area contributed by atoms with Crippen LogP contribution in [0.4, 0.5) is 0 Å². The van der Waals surface area contributed by atoms with Crippen LogP contribution in [0.15, 0.2) is 22.7 Å². The van der Waals surface area contributed by atoms with E-state index < -0.39 is 0 Å². The Morgan fingerprint density at radius 3 is 2.85 bits per heavy atom. The van der Waals surface area contributed by atoms with E-state index in [1.165, 1.54) is 5.56 Å². The SMILES string of the molecule is CN(C)CC(C)(C)CNCC1Cc2cc(Br)ccc2O1. The van der Waals surface area contributed by atoms with Crippen LogP contribution in [0.5, 0.6) is 5.75 Å². The summed E-state index contributed by atoms with van der Waals surface area (Å²) in [5, 5.41) is 3.56. The molecular formula is C16H25BrN2O. The van der Waals surface area contributed by atoms with E-state index in [1.54, 1.807) is 0 Å². The van der Waals surface area contributed by atoms with Crippen molar-refractivity contribution < 1.29 is 4.74 Å². The number of hydrogen-bond acceptors (Lipinski definition) is 3. The molecule has 0 aromatic heterocycles. The molecule has 3 nitrogen and oxygen atoms in total. The quantitative estimate of drug-likeness (QED) is 0.861. The van der Waals surface area contributed by atoms with E-state index in [0.717, 1.165) is 36.3 Å². The summed E-state index contributed by atoms with van der Waals surface area (Å²) in [7, 11) is 4.24. The van der Waals surface area contributed by atoms with Crippen molar-refractivity contribution in [3.63, 3.8) is 0 Å². The van der Waals surface area contributed by atoms with E-state index in [4.69, 9.17) is 4.74 Å². The number of nitrogens with zero attached hydrogens (tertiary/aromatic N) is 1. The highest BCUT2D eigenvalue weighted by molar-refractivity contribution is 9.10. The number of nitrogens with one attached hydrogen (secondary N) is 1. The van der Waals surface area contributed by atoms with E-state index in [-0.39, 0.29) is 11.5 Å². The first-order valence-corrected chi connectivity index (χ1v) is 7.95. The van der Waals surface area contributed by atoms with Gasteiger partial charge in [-0.3, -0.25) is 0 Å². The van der Waals surface area contributed by atoms with Crippen LogP contribution in [-0.2, 0) is 6.42 Å². The van der Waals surface area contributed by atoms with Gasteiger partial charge in [0.05, 0.1) is 0 Å². The zero-order valence-corrected chi connectivity index (χ0v) is 14.5. The molecule has 1 atom stereocenters. The first kappa shape index (κ1) is 15.8. The lowest BCUT2D eigenvalue weighted by molar-refractivity contribution is 0.199. The molecule has 112 valence electrons. The first-order chi connectivity index (χ1) is 9.35. The molecule has 0 spiro atoms. The summed E-state index contributed by atoms with van der Waals surface area (Å²) in [5.74, 6) is 1.03. The van der Waals surface area contributed by atoms with Gasteiger partial charge >= 0.3 is 0 Å². The Balaban J connectivity index is 1.77. The minimum Gasteiger partial charge on any atom is -0.488 e. The molecule has 1 aromatic carbocycles. The zero-order chi connectivity index (χ0) is 14.8. The van der Waals surface area contributed by atoms with Gasteiger partial charge < -0.3 is 15.0 Å². The molecule has 0 amide bonds. The fourth-order valence-electron chi connectivity index (χ4n) is 2.89. The molecule has 1 unspecified atom stereocenters. The van der Waals surface area contributed by atoms with Gasteiger partial charge in [-0.25, -0.2) is 0 Å². The van der Waals surface area contributed by atoms with Crippen LogP contribution < -0.4 is 10.1 Å². The van der Waals surface area contributed by atoms with Gasteiger partial charge in [-0.15, -0.1) is 0 Å². The molecule has 0 radical (unpaired) electrons. The maximum Gasteiger partial charge on any atom is 0.123 e. The summed E-state index contributed by atoms with van der Waals surface area (Å²) in [6.07, 6.45) is 1.25. The van der Waals surface area contributed by atoms with E-state index in [9.17, 15) is 0 Å². The van der Waals surface area contributed by atoms with Crippen molar-refractivity contribution in [2.24, 2.45) is 5.41 Å². The summed E-state index contributed by atoms with van der Waals surface area (Å²) >= 11 is 3.51. The molecule has 1 aliphatic rings. The minimum atomic E-state index is 0.259. The third-order valence-electron chi connectivity index (χ3n) is 3.48.